The molecule has 0 aromatic carbocycles. The lowest BCUT2D eigenvalue weighted by Gasteiger charge is -2.35. The van der Waals surface area contributed by atoms with Gasteiger partial charge in [-0.05, 0) is 12.8 Å². The molecular formula is C12H21N3O. The van der Waals surface area contributed by atoms with Crippen molar-refractivity contribution in [3.05, 3.63) is 18.2 Å². The Morgan fingerprint density at radius 1 is 1.38 bits per heavy atom. The van der Waals surface area contributed by atoms with Crippen molar-refractivity contribution in [2.24, 2.45) is 5.41 Å². The zero-order valence-corrected chi connectivity index (χ0v) is 9.71. The smallest absolute Gasteiger partial charge is 0.0922 e. The summed E-state index contributed by atoms with van der Waals surface area (Å²) < 4.78 is 0. The van der Waals surface area contributed by atoms with Crippen LogP contribution in [0.5, 0.6) is 0 Å². The number of aromatic nitrogens is 2. The molecule has 0 bridgehead atoms. The average molecular weight is 223 g/mol. The minimum Gasteiger partial charge on any atom is -0.396 e. The van der Waals surface area contributed by atoms with Gasteiger partial charge >= 0.3 is 0 Å². The lowest BCUT2D eigenvalue weighted by atomic mass is 9.74. The summed E-state index contributed by atoms with van der Waals surface area (Å²) in [5.74, 6) is 0. The highest BCUT2D eigenvalue weighted by Gasteiger charge is 2.30. The van der Waals surface area contributed by atoms with Gasteiger partial charge in [0, 0.05) is 37.0 Å². The van der Waals surface area contributed by atoms with E-state index in [1.54, 1.807) is 6.33 Å². The third-order valence-corrected chi connectivity index (χ3v) is 3.62. The molecule has 1 aromatic rings. The number of imidazole rings is 1. The molecule has 2 rings (SSSR count). The van der Waals surface area contributed by atoms with Gasteiger partial charge < -0.3 is 15.4 Å². The molecule has 1 saturated carbocycles. The van der Waals surface area contributed by atoms with E-state index in [4.69, 9.17) is 0 Å². The fourth-order valence-corrected chi connectivity index (χ4v) is 2.54. The molecule has 3 N–H and O–H groups in total. The number of aliphatic hydroxyl groups is 1. The van der Waals surface area contributed by atoms with Crippen LogP contribution in [0, 0.1) is 5.41 Å². The Bertz CT molecular complexity index is 291. The first-order valence-electron chi connectivity index (χ1n) is 6.13. The summed E-state index contributed by atoms with van der Waals surface area (Å²) in [4.78, 5) is 7.05. The van der Waals surface area contributed by atoms with Crippen molar-refractivity contribution in [2.75, 3.05) is 13.2 Å². The topological polar surface area (TPSA) is 60.9 Å². The van der Waals surface area contributed by atoms with Gasteiger partial charge in [0.1, 0.15) is 0 Å². The predicted octanol–water partition coefficient (Wildman–Crippen LogP) is 1.44. The Labute approximate surface area is 96.5 Å². The van der Waals surface area contributed by atoms with Crippen molar-refractivity contribution < 1.29 is 5.11 Å². The summed E-state index contributed by atoms with van der Waals surface area (Å²) in [7, 11) is 0. The van der Waals surface area contributed by atoms with E-state index in [-0.39, 0.29) is 5.41 Å². The van der Waals surface area contributed by atoms with E-state index in [2.05, 4.69) is 15.3 Å². The van der Waals surface area contributed by atoms with E-state index in [1.165, 1.54) is 19.3 Å². The Hall–Kier alpha value is -0.870. The number of hydrogen-bond acceptors (Lipinski definition) is 3. The van der Waals surface area contributed by atoms with Crippen molar-refractivity contribution in [1.29, 1.82) is 0 Å². The highest BCUT2D eigenvalue weighted by molar-refractivity contribution is 4.94. The summed E-state index contributed by atoms with van der Waals surface area (Å²) in [6.07, 6.45) is 9.67. The van der Waals surface area contributed by atoms with Crippen molar-refractivity contribution >= 4 is 0 Å². The van der Waals surface area contributed by atoms with Gasteiger partial charge in [0.05, 0.1) is 6.33 Å². The van der Waals surface area contributed by atoms with Crippen molar-refractivity contribution in [1.82, 2.24) is 15.3 Å². The fourth-order valence-electron chi connectivity index (χ4n) is 2.54. The number of nitrogens with one attached hydrogen (secondary N) is 2. The Morgan fingerprint density at radius 2 is 2.19 bits per heavy atom. The summed E-state index contributed by atoms with van der Waals surface area (Å²) in [5, 5.41) is 13.0. The molecule has 0 saturated heterocycles. The van der Waals surface area contributed by atoms with Crippen molar-refractivity contribution in [2.45, 2.75) is 38.6 Å². The van der Waals surface area contributed by atoms with Gasteiger partial charge in [-0.1, -0.05) is 19.3 Å². The Morgan fingerprint density at radius 3 is 2.81 bits per heavy atom. The summed E-state index contributed by atoms with van der Waals surface area (Å²) in [5.41, 5.74) is 1.22. The minimum atomic E-state index is 0.123. The molecular weight excluding hydrogens is 202 g/mol. The second kappa shape index (κ2) is 5.46. The van der Waals surface area contributed by atoms with E-state index in [0.29, 0.717) is 6.61 Å². The maximum Gasteiger partial charge on any atom is 0.0922 e. The molecule has 90 valence electrons. The van der Waals surface area contributed by atoms with E-state index in [1.807, 2.05) is 6.20 Å². The van der Waals surface area contributed by atoms with Crippen LogP contribution in [0.2, 0.25) is 0 Å². The van der Waals surface area contributed by atoms with E-state index < -0.39 is 0 Å². The number of aliphatic hydroxyl groups excluding tert-OH is 1. The third-order valence-electron chi connectivity index (χ3n) is 3.62. The molecule has 0 spiro atoms. The number of rotatable bonds is 5. The van der Waals surface area contributed by atoms with Gasteiger partial charge in [0.25, 0.3) is 0 Å². The van der Waals surface area contributed by atoms with Crippen molar-refractivity contribution in [3.8, 4) is 0 Å². The van der Waals surface area contributed by atoms with E-state index in [0.717, 1.165) is 31.6 Å². The monoisotopic (exact) mass is 223 g/mol. The Kier molecular flexibility index (Phi) is 3.96. The molecule has 0 radical (unpaired) electrons. The quantitative estimate of drug-likeness (QED) is 0.708. The first kappa shape index (κ1) is 11.6. The molecule has 0 atom stereocenters. The number of aromatic amines is 1. The molecule has 1 aliphatic rings. The zero-order chi connectivity index (χ0) is 11.3. The van der Waals surface area contributed by atoms with Gasteiger partial charge in [-0.15, -0.1) is 0 Å². The van der Waals surface area contributed by atoms with Crippen LogP contribution >= 0.6 is 0 Å². The first-order valence-corrected chi connectivity index (χ1v) is 6.13. The average Bonchev–Trinajstić information content (AvgIpc) is 2.83. The van der Waals surface area contributed by atoms with Crippen LogP contribution in [0.1, 0.15) is 37.8 Å². The van der Waals surface area contributed by atoms with E-state index >= 15 is 0 Å². The Balaban J connectivity index is 1.78. The normalized spacial score (nSPS) is 19.8. The number of H-pyrrole nitrogens is 1. The molecule has 1 aliphatic carbocycles. The summed E-state index contributed by atoms with van der Waals surface area (Å²) in [6.45, 7) is 2.02. The minimum absolute atomic E-state index is 0.123. The highest BCUT2D eigenvalue weighted by atomic mass is 16.3. The van der Waals surface area contributed by atoms with Crippen LogP contribution in [0.3, 0.4) is 0 Å². The van der Waals surface area contributed by atoms with Crippen LogP contribution in [-0.4, -0.2) is 28.2 Å². The molecule has 16 heavy (non-hydrogen) atoms. The van der Waals surface area contributed by atoms with Gasteiger partial charge in [-0.25, -0.2) is 4.98 Å². The zero-order valence-electron chi connectivity index (χ0n) is 9.71. The lowest BCUT2D eigenvalue weighted by Crippen LogP contribution is -2.38. The molecule has 0 aliphatic heterocycles. The van der Waals surface area contributed by atoms with Crippen LogP contribution in [0.15, 0.2) is 12.5 Å². The lowest BCUT2D eigenvalue weighted by molar-refractivity contribution is 0.0810. The second-order valence-electron chi connectivity index (χ2n) is 4.90. The largest absolute Gasteiger partial charge is 0.396 e. The number of hydrogen-bond donors (Lipinski definition) is 3. The van der Waals surface area contributed by atoms with Crippen molar-refractivity contribution in [3.63, 3.8) is 0 Å². The highest BCUT2D eigenvalue weighted by Crippen LogP contribution is 2.35. The maximum atomic E-state index is 9.54. The van der Waals surface area contributed by atoms with Crippen LogP contribution < -0.4 is 5.32 Å². The summed E-state index contributed by atoms with van der Waals surface area (Å²) >= 11 is 0. The van der Waals surface area contributed by atoms with Crippen LogP contribution in [-0.2, 0) is 6.54 Å². The third kappa shape index (κ3) is 2.83. The molecule has 1 fully saturated rings. The first-order chi connectivity index (χ1) is 7.85. The van der Waals surface area contributed by atoms with Crippen LogP contribution in [0.25, 0.3) is 0 Å². The van der Waals surface area contributed by atoms with Gasteiger partial charge in [0.15, 0.2) is 0 Å². The molecule has 4 nitrogen and oxygen atoms in total. The van der Waals surface area contributed by atoms with Gasteiger partial charge in [-0.2, -0.15) is 0 Å². The van der Waals surface area contributed by atoms with Gasteiger partial charge in [-0.3, -0.25) is 0 Å². The molecule has 0 unspecified atom stereocenters. The summed E-state index contributed by atoms with van der Waals surface area (Å²) in [6, 6.07) is 0. The standard InChI is InChI=1S/C12H21N3O/c16-9-12(4-2-1-3-5-12)8-13-6-11-7-14-10-15-11/h7,10,13,16H,1-6,8-9H2,(H,14,15). The predicted molar refractivity (Wildman–Crippen MR) is 62.9 cm³/mol. The molecule has 4 heteroatoms. The SMILES string of the molecule is OCC1(CNCc2cnc[nH]2)CCCCC1. The number of nitrogens with zero attached hydrogens (tertiary/aromatic N) is 1. The maximum absolute atomic E-state index is 9.54. The molecule has 1 heterocycles. The second-order valence-corrected chi connectivity index (χ2v) is 4.90. The molecule has 0 amide bonds. The van der Waals surface area contributed by atoms with E-state index in [9.17, 15) is 5.11 Å². The van der Waals surface area contributed by atoms with Gasteiger partial charge in [0.2, 0.25) is 0 Å². The fraction of sp³-hybridized carbons (Fsp3) is 0.750. The molecule has 1 aromatic heterocycles. The van der Waals surface area contributed by atoms with Crippen LogP contribution in [0.4, 0.5) is 0 Å².